The SMILES string of the molecule is CN(CC(F)F)C(=O)c1sccc1C#CCN. The van der Waals surface area contributed by atoms with Crippen LogP contribution in [-0.4, -0.2) is 37.4 Å². The van der Waals surface area contributed by atoms with Crippen LogP contribution in [-0.2, 0) is 0 Å². The standard InChI is InChI=1S/C11H12F2N2OS/c1-15(7-9(12)13)11(16)10-8(3-2-5-14)4-6-17-10/h4,6,9H,5,7,14H2,1H3. The number of nitrogens with two attached hydrogens (primary N) is 1. The maximum Gasteiger partial charge on any atom is 0.265 e. The molecule has 0 unspecified atom stereocenters. The average Bonchev–Trinajstić information content (AvgIpc) is 2.72. The van der Waals surface area contributed by atoms with Gasteiger partial charge in [-0.05, 0) is 11.4 Å². The lowest BCUT2D eigenvalue weighted by Gasteiger charge is -2.15. The van der Waals surface area contributed by atoms with Crippen molar-refractivity contribution in [2.75, 3.05) is 20.1 Å². The fourth-order valence-corrected chi connectivity index (χ4v) is 2.03. The van der Waals surface area contributed by atoms with Crippen molar-refractivity contribution in [3.05, 3.63) is 21.9 Å². The lowest BCUT2D eigenvalue weighted by Crippen LogP contribution is -2.31. The summed E-state index contributed by atoms with van der Waals surface area (Å²) in [5, 5.41) is 1.70. The van der Waals surface area contributed by atoms with Crippen LogP contribution in [0.2, 0.25) is 0 Å². The summed E-state index contributed by atoms with van der Waals surface area (Å²) in [6.45, 7) is -0.392. The average molecular weight is 258 g/mol. The number of hydrogen-bond donors (Lipinski definition) is 1. The van der Waals surface area contributed by atoms with E-state index in [4.69, 9.17) is 5.73 Å². The zero-order chi connectivity index (χ0) is 12.8. The first kappa shape index (κ1) is 13.6. The Bertz CT molecular complexity index is 448. The molecule has 1 rings (SSSR count). The van der Waals surface area contributed by atoms with Crippen molar-refractivity contribution >= 4 is 17.2 Å². The van der Waals surface area contributed by atoms with Gasteiger partial charge in [0.2, 0.25) is 0 Å². The van der Waals surface area contributed by atoms with Gasteiger partial charge in [-0.1, -0.05) is 11.8 Å². The Labute approximate surface area is 102 Å². The van der Waals surface area contributed by atoms with Crippen LogP contribution in [0.15, 0.2) is 11.4 Å². The third kappa shape index (κ3) is 3.80. The van der Waals surface area contributed by atoms with Crippen molar-refractivity contribution in [1.82, 2.24) is 4.90 Å². The number of hydrogen-bond acceptors (Lipinski definition) is 3. The molecular formula is C11H12F2N2OS. The highest BCUT2D eigenvalue weighted by Crippen LogP contribution is 2.18. The molecule has 3 nitrogen and oxygen atoms in total. The lowest BCUT2D eigenvalue weighted by atomic mass is 10.2. The molecule has 92 valence electrons. The van der Waals surface area contributed by atoms with Gasteiger partial charge < -0.3 is 10.6 Å². The summed E-state index contributed by atoms with van der Waals surface area (Å²) in [5.41, 5.74) is 5.77. The van der Waals surface area contributed by atoms with E-state index in [1.807, 2.05) is 0 Å². The fourth-order valence-electron chi connectivity index (χ4n) is 1.18. The zero-order valence-electron chi connectivity index (χ0n) is 9.24. The molecule has 17 heavy (non-hydrogen) atoms. The molecule has 0 saturated carbocycles. The van der Waals surface area contributed by atoms with Crippen LogP contribution in [0.3, 0.4) is 0 Å². The summed E-state index contributed by atoms with van der Waals surface area (Å²) >= 11 is 1.18. The zero-order valence-corrected chi connectivity index (χ0v) is 10.1. The van der Waals surface area contributed by atoms with E-state index in [-0.39, 0.29) is 6.54 Å². The van der Waals surface area contributed by atoms with Gasteiger partial charge >= 0.3 is 0 Å². The van der Waals surface area contributed by atoms with Crippen molar-refractivity contribution in [3.63, 3.8) is 0 Å². The summed E-state index contributed by atoms with van der Waals surface area (Å²) in [4.78, 5) is 13.2. The smallest absolute Gasteiger partial charge is 0.265 e. The number of carbonyl (C=O) groups is 1. The molecule has 0 aromatic carbocycles. The minimum Gasteiger partial charge on any atom is -0.335 e. The van der Waals surface area contributed by atoms with E-state index in [0.29, 0.717) is 10.4 Å². The minimum atomic E-state index is -2.54. The topological polar surface area (TPSA) is 46.3 Å². The third-order valence-corrected chi connectivity index (χ3v) is 2.85. The number of nitrogens with zero attached hydrogens (tertiary/aromatic N) is 1. The molecule has 0 fully saturated rings. The molecule has 0 saturated heterocycles. The third-order valence-electron chi connectivity index (χ3n) is 1.94. The van der Waals surface area contributed by atoms with Gasteiger partial charge in [-0.2, -0.15) is 0 Å². The summed E-state index contributed by atoms with van der Waals surface area (Å²) in [6, 6.07) is 1.68. The molecule has 0 bridgehead atoms. The molecular weight excluding hydrogens is 246 g/mol. The van der Waals surface area contributed by atoms with Crippen molar-refractivity contribution in [2.24, 2.45) is 5.73 Å². The first-order valence-corrected chi connectivity index (χ1v) is 5.74. The van der Waals surface area contributed by atoms with Crippen LogP contribution in [0.4, 0.5) is 8.78 Å². The molecule has 0 radical (unpaired) electrons. The molecule has 0 aliphatic rings. The van der Waals surface area contributed by atoms with Gasteiger partial charge in [0.1, 0.15) is 4.88 Å². The van der Waals surface area contributed by atoms with E-state index >= 15 is 0 Å². The number of alkyl halides is 2. The van der Waals surface area contributed by atoms with Crippen LogP contribution in [0.25, 0.3) is 0 Å². The molecule has 1 aromatic heterocycles. The largest absolute Gasteiger partial charge is 0.335 e. The van der Waals surface area contributed by atoms with Crippen LogP contribution in [0.5, 0.6) is 0 Å². The first-order valence-electron chi connectivity index (χ1n) is 4.86. The minimum absolute atomic E-state index is 0.191. The highest BCUT2D eigenvalue weighted by Gasteiger charge is 2.19. The monoisotopic (exact) mass is 258 g/mol. The molecule has 1 aromatic rings. The Morgan fingerprint density at radius 1 is 1.65 bits per heavy atom. The van der Waals surface area contributed by atoms with E-state index in [2.05, 4.69) is 11.8 Å². The molecule has 2 N–H and O–H groups in total. The van der Waals surface area contributed by atoms with Crippen LogP contribution in [0.1, 0.15) is 15.2 Å². The van der Waals surface area contributed by atoms with Crippen molar-refractivity contribution in [1.29, 1.82) is 0 Å². The second-order valence-electron chi connectivity index (χ2n) is 3.25. The lowest BCUT2D eigenvalue weighted by molar-refractivity contribution is 0.0624. The van der Waals surface area contributed by atoms with E-state index in [9.17, 15) is 13.6 Å². The van der Waals surface area contributed by atoms with Gasteiger partial charge in [0.25, 0.3) is 12.3 Å². The van der Waals surface area contributed by atoms with E-state index in [1.165, 1.54) is 18.4 Å². The highest BCUT2D eigenvalue weighted by atomic mass is 32.1. The maximum absolute atomic E-state index is 12.2. The van der Waals surface area contributed by atoms with Crippen molar-refractivity contribution < 1.29 is 13.6 Å². The van der Waals surface area contributed by atoms with Gasteiger partial charge in [0.05, 0.1) is 13.1 Å². The number of halogens is 2. The molecule has 0 atom stereocenters. The number of thiophene rings is 1. The fraction of sp³-hybridized carbons (Fsp3) is 0.364. The number of amides is 1. The predicted molar refractivity (Wildman–Crippen MR) is 63.2 cm³/mol. The van der Waals surface area contributed by atoms with E-state index in [0.717, 1.165) is 4.90 Å². The highest BCUT2D eigenvalue weighted by molar-refractivity contribution is 7.12. The van der Waals surface area contributed by atoms with E-state index < -0.39 is 18.9 Å². The van der Waals surface area contributed by atoms with Crippen LogP contribution < -0.4 is 5.73 Å². The summed E-state index contributed by atoms with van der Waals surface area (Å²) in [5.74, 6) is 4.93. The van der Waals surface area contributed by atoms with Crippen LogP contribution in [0, 0.1) is 11.8 Å². The molecule has 0 aliphatic heterocycles. The Hall–Kier alpha value is -1.45. The predicted octanol–water partition coefficient (Wildman–Crippen LogP) is 1.40. The first-order chi connectivity index (χ1) is 8.06. The Morgan fingerprint density at radius 3 is 2.94 bits per heavy atom. The molecule has 0 spiro atoms. The molecule has 0 aliphatic carbocycles. The van der Waals surface area contributed by atoms with Gasteiger partial charge in [-0.3, -0.25) is 4.79 Å². The second-order valence-corrected chi connectivity index (χ2v) is 4.16. The van der Waals surface area contributed by atoms with Crippen LogP contribution >= 0.6 is 11.3 Å². The van der Waals surface area contributed by atoms with E-state index in [1.54, 1.807) is 11.4 Å². The quantitative estimate of drug-likeness (QED) is 0.833. The number of carbonyl (C=O) groups excluding carboxylic acids is 1. The van der Waals surface area contributed by atoms with Crippen molar-refractivity contribution in [2.45, 2.75) is 6.43 Å². The Kier molecular flexibility index (Phi) is 5.07. The van der Waals surface area contributed by atoms with Gasteiger partial charge in [-0.25, -0.2) is 8.78 Å². The summed E-state index contributed by atoms with van der Waals surface area (Å²) in [7, 11) is 1.34. The molecule has 1 amide bonds. The second kappa shape index (κ2) is 6.33. The molecule has 1 heterocycles. The van der Waals surface area contributed by atoms with Crippen molar-refractivity contribution in [3.8, 4) is 11.8 Å². The summed E-state index contributed by atoms with van der Waals surface area (Å²) in [6.07, 6.45) is -2.54. The Morgan fingerprint density at radius 2 is 2.35 bits per heavy atom. The normalized spacial score (nSPS) is 9.94. The maximum atomic E-state index is 12.2. The Balaban J connectivity index is 2.85. The van der Waals surface area contributed by atoms with Gasteiger partial charge in [0, 0.05) is 12.6 Å². The van der Waals surface area contributed by atoms with Gasteiger partial charge in [-0.15, -0.1) is 11.3 Å². The number of rotatable bonds is 3. The molecule has 6 heteroatoms. The van der Waals surface area contributed by atoms with Gasteiger partial charge in [0.15, 0.2) is 0 Å². The summed E-state index contributed by atoms with van der Waals surface area (Å²) < 4.78 is 24.3.